The number of nitrogens with zero attached hydrogens (tertiary/aromatic N) is 2. The number of carboxylic acid groups (broad SMARTS) is 1. The Bertz CT molecular complexity index is 389. The van der Waals surface area contributed by atoms with Crippen LogP contribution in [0.5, 0.6) is 0 Å². The molecule has 2 aliphatic rings. The van der Waals surface area contributed by atoms with Gasteiger partial charge in [0.05, 0.1) is 5.41 Å². The highest BCUT2D eigenvalue weighted by Crippen LogP contribution is 2.35. The standard InChI is InChI=1S/C16H28N2O3/c1-3-16(14(19)20)8-11-17(12-9-16)15(21)18-10-6-4-5-7-13(18)2/h13H,3-12H2,1-2H3,(H,19,20). The molecule has 2 rings (SSSR count). The molecule has 1 atom stereocenters. The summed E-state index contributed by atoms with van der Waals surface area (Å²) in [5.41, 5.74) is -0.624. The molecule has 0 spiro atoms. The highest BCUT2D eigenvalue weighted by atomic mass is 16.4. The van der Waals surface area contributed by atoms with Crippen LogP contribution in [-0.2, 0) is 4.79 Å². The number of aliphatic carboxylic acids is 1. The van der Waals surface area contributed by atoms with E-state index in [9.17, 15) is 14.7 Å². The Hall–Kier alpha value is -1.26. The van der Waals surface area contributed by atoms with Gasteiger partial charge in [-0.1, -0.05) is 19.8 Å². The van der Waals surface area contributed by atoms with Gasteiger partial charge in [0.15, 0.2) is 0 Å². The third-order valence-corrected chi connectivity index (χ3v) is 5.42. The summed E-state index contributed by atoms with van der Waals surface area (Å²) in [4.78, 5) is 28.0. The molecule has 0 aliphatic carbocycles. The zero-order chi connectivity index (χ0) is 15.5. The number of carboxylic acids is 1. The number of carbonyl (C=O) groups is 2. The van der Waals surface area contributed by atoms with Crippen molar-refractivity contribution in [2.75, 3.05) is 19.6 Å². The van der Waals surface area contributed by atoms with Gasteiger partial charge in [0.1, 0.15) is 0 Å². The van der Waals surface area contributed by atoms with Gasteiger partial charge in [0.2, 0.25) is 0 Å². The van der Waals surface area contributed by atoms with Crippen LogP contribution >= 0.6 is 0 Å². The van der Waals surface area contributed by atoms with Crippen LogP contribution < -0.4 is 0 Å². The molecule has 2 heterocycles. The lowest BCUT2D eigenvalue weighted by molar-refractivity contribution is -0.152. The van der Waals surface area contributed by atoms with Crippen LogP contribution in [0.2, 0.25) is 0 Å². The van der Waals surface area contributed by atoms with E-state index < -0.39 is 11.4 Å². The maximum Gasteiger partial charge on any atom is 0.320 e. The van der Waals surface area contributed by atoms with Crippen molar-refractivity contribution < 1.29 is 14.7 Å². The highest BCUT2D eigenvalue weighted by molar-refractivity contribution is 5.77. The lowest BCUT2D eigenvalue weighted by atomic mass is 9.76. The lowest BCUT2D eigenvalue weighted by Gasteiger charge is -2.41. The summed E-state index contributed by atoms with van der Waals surface area (Å²) >= 11 is 0. The minimum atomic E-state index is -0.708. The molecule has 0 radical (unpaired) electrons. The molecular formula is C16H28N2O3. The summed E-state index contributed by atoms with van der Waals surface area (Å²) in [5, 5.41) is 9.43. The topological polar surface area (TPSA) is 60.9 Å². The largest absolute Gasteiger partial charge is 0.481 e. The molecule has 21 heavy (non-hydrogen) atoms. The number of amides is 2. The van der Waals surface area contributed by atoms with Crippen LogP contribution in [0, 0.1) is 5.41 Å². The Labute approximate surface area is 127 Å². The average Bonchev–Trinajstić information content (AvgIpc) is 2.71. The van der Waals surface area contributed by atoms with Crippen molar-refractivity contribution in [3.63, 3.8) is 0 Å². The monoisotopic (exact) mass is 296 g/mol. The molecule has 2 aliphatic heterocycles. The molecule has 2 fully saturated rings. The van der Waals surface area contributed by atoms with Gasteiger partial charge in [-0.2, -0.15) is 0 Å². The Morgan fingerprint density at radius 3 is 2.38 bits per heavy atom. The molecule has 1 unspecified atom stereocenters. The second-order valence-electron chi connectivity index (χ2n) is 6.60. The van der Waals surface area contributed by atoms with Crippen molar-refractivity contribution in [2.45, 2.75) is 64.8 Å². The molecule has 0 aromatic heterocycles. The van der Waals surface area contributed by atoms with Gasteiger partial charge in [-0.25, -0.2) is 4.79 Å². The van der Waals surface area contributed by atoms with E-state index in [1.807, 2.05) is 16.7 Å². The lowest BCUT2D eigenvalue weighted by Crippen LogP contribution is -2.52. The normalized spacial score (nSPS) is 26.3. The number of carbonyl (C=O) groups excluding carboxylic acids is 1. The minimum Gasteiger partial charge on any atom is -0.481 e. The molecule has 0 saturated carbocycles. The first-order chi connectivity index (χ1) is 10.00. The molecule has 0 aromatic rings. The smallest absolute Gasteiger partial charge is 0.320 e. The maximum atomic E-state index is 12.7. The summed E-state index contributed by atoms with van der Waals surface area (Å²) in [5.74, 6) is -0.708. The van der Waals surface area contributed by atoms with Crippen LogP contribution in [0.1, 0.15) is 58.8 Å². The van der Waals surface area contributed by atoms with Crippen molar-refractivity contribution in [2.24, 2.45) is 5.41 Å². The zero-order valence-electron chi connectivity index (χ0n) is 13.3. The minimum absolute atomic E-state index is 0.111. The van der Waals surface area contributed by atoms with Gasteiger partial charge in [0.25, 0.3) is 0 Å². The average molecular weight is 296 g/mol. The second kappa shape index (κ2) is 6.67. The first kappa shape index (κ1) is 16.1. The molecular weight excluding hydrogens is 268 g/mol. The molecule has 2 saturated heterocycles. The van der Waals surface area contributed by atoms with Crippen LogP contribution in [0.25, 0.3) is 0 Å². The van der Waals surface area contributed by atoms with Crippen molar-refractivity contribution in [1.82, 2.24) is 9.80 Å². The molecule has 5 heteroatoms. The third-order valence-electron chi connectivity index (χ3n) is 5.42. The summed E-state index contributed by atoms with van der Waals surface area (Å²) in [6, 6.07) is 0.414. The SMILES string of the molecule is CCC1(C(=O)O)CCN(C(=O)N2CCCCCC2C)CC1. The van der Waals surface area contributed by atoms with Gasteiger partial charge in [0, 0.05) is 25.7 Å². The van der Waals surface area contributed by atoms with Crippen molar-refractivity contribution in [3.8, 4) is 0 Å². The first-order valence-electron chi connectivity index (χ1n) is 8.29. The van der Waals surface area contributed by atoms with Crippen molar-refractivity contribution in [1.29, 1.82) is 0 Å². The number of urea groups is 1. The Morgan fingerprint density at radius 2 is 1.81 bits per heavy atom. The quantitative estimate of drug-likeness (QED) is 0.852. The fourth-order valence-electron chi connectivity index (χ4n) is 3.59. The van der Waals surface area contributed by atoms with Crippen LogP contribution in [0.15, 0.2) is 0 Å². The summed E-state index contributed by atoms with van der Waals surface area (Å²) in [6.07, 6.45) is 6.35. The zero-order valence-corrected chi connectivity index (χ0v) is 13.3. The fraction of sp³-hybridized carbons (Fsp3) is 0.875. The van der Waals surface area contributed by atoms with Crippen LogP contribution in [0.3, 0.4) is 0 Å². The van der Waals surface area contributed by atoms with Crippen molar-refractivity contribution >= 4 is 12.0 Å². The summed E-state index contributed by atoms with van der Waals surface area (Å²) in [7, 11) is 0. The summed E-state index contributed by atoms with van der Waals surface area (Å²) < 4.78 is 0. The fourth-order valence-corrected chi connectivity index (χ4v) is 3.59. The molecule has 5 nitrogen and oxygen atoms in total. The van der Waals surface area contributed by atoms with Gasteiger partial charge >= 0.3 is 12.0 Å². The Kier molecular flexibility index (Phi) is 5.12. The van der Waals surface area contributed by atoms with Crippen LogP contribution in [0.4, 0.5) is 4.79 Å². The van der Waals surface area contributed by atoms with Gasteiger partial charge in [-0.15, -0.1) is 0 Å². The number of hydrogen-bond acceptors (Lipinski definition) is 2. The van der Waals surface area contributed by atoms with E-state index >= 15 is 0 Å². The molecule has 2 amide bonds. The van der Waals surface area contributed by atoms with E-state index in [-0.39, 0.29) is 6.03 Å². The van der Waals surface area contributed by atoms with Gasteiger partial charge < -0.3 is 14.9 Å². The van der Waals surface area contributed by atoms with E-state index in [2.05, 4.69) is 6.92 Å². The predicted molar refractivity (Wildman–Crippen MR) is 81.2 cm³/mol. The molecule has 0 aromatic carbocycles. The van der Waals surface area contributed by atoms with Gasteiger partial charge in [-0.3, -0.25) is 4.79 Å². The van der Waals surface area contributed by atoms with E-state index in [0.29, 0.717) is 38.4 Å². The third kappa shape index (κ3) is 3.33. The van der Waals surface area contributed by atoms with E-state index in [0.717, 1.165) is 19.4 Å². The molecule has 120 valence electrons. The predicted octanol–water partition coefficient (Wildman–Crippen LogP) is 2.95. The van der Waals surface area contributed by atoms with Gasteiger partial charge in [-0.05, 0) is 39.0 Å². The molecule has 1 N–H and O–H groups in total. The highest BCUT2D eigenvalue weighted by Gasteiger charge is 2.41. The van der Waals surface area contributed by atoms with Crippen molar-refractivity contribution in [3.05, 3.63) is 0 Å². The first-order valence-corrected chi connectivity index (χ1v) is 8.29. The number of hydrogen-bond donors (Lipinski definition) is 1. The van der Waals surface area contributed by atoms with E-state index in [4.69, 9.17) is 0 Å². The summed E-state index contributed by atoms with van der Waals surface area (Å²) in [6.45, 7) is 6.04. The molecule has 0 bridgehead atoms. The maximum absolute atomic E-state index is 12.7. The Balaban J connectivity index is 1.97. The number of likely N-dealkylation sites (tertiary alicyclic amines) is 2. The Morgan fingerprint density at radius 1 is 1.14 bits per heavy atom. The van der Waals surface area contributed by atoms with E-state index in [1.54, 1.807) is 0 Å². The van der Waals surface area contributed by atoms with Crippen LogP contribution in [-0.4, -0.2) is 52.6 Å². The second-order valence-corrected chi connectivity index (χ2v) is 6.60. The number of piperidine rings is 1. The van der Waals surface area contributed by atoms with E-state index in [1.165, 1.54) is 12.8 Å². The number of rotatable bonds is 2.